The molecule has 0 saturated heterocycles. The van der Waals surface area contributed by atoms with Gasteiger partial charge in [0.1, 0.15) is 17.2 Å². The van der Waals surface area contributed by atoms with Crippen molar-refractivity contribution in [3.63, 3.8) is 0 Å². The molecule has 0 aliphatic carbocycles. The molecule has 1 amide bonds. The number of rotatable bonds is 10. The van der Waals surface area contributed by atoms with E-state index in [1.54, 1.807) is 14.2 Å². The number of nitrogens with one attached hydrogen (secondary N) is 1. The van der Waals surface area contributed by atoms with Crippen LogP contribution in [-0.4, -0.2) is 47.3 Å². The van der Waals surface area contributed by atoms with Gasteiger partial charge < -0.3 is 19.5 Å². The van der Waals surface area contributed by atoms with Crippen LogP contribution in [0.2, 0.25) is 0 Å². The summed E-state index contributed by atoms with van der Waals surface area (Å²) < 4.78 is 17.9. The highest BCUT2D eigenvalue weighted by atomic mass is 32.2. The Morgan fingerprint density at radius 1 is 0.857 bits per heavy atom. The summed E-state index contributed by atoms with van der Waals surface area (Å²) >= 11 is 1.31. The second-order valence-corrected chi connectivity index (χ2v) is 8.30. The summed E-state index contributed by atoms with van der Waals surface area (Å²) in [5.74, 6) is 2.95. The van der Waals surface area contributed by atoms with Gasteiger partial charge in [-0.1, -0.05) is 11.8 Å². The van der Waals surface area contributed by atoms with Crippen LogP contribution in [0.5, 0.6) is 17.2 Å². The maximum absolute atomic E-state index is 12.6. The number of aromatic nitrogens is 3. The molecule has 4 aromatic rings. The molecule has 9 heteroatoms. The number of nitrogens with zero attached hydrogens (tertiary/aromatic N) is 3. The van der Waals surface area contributed by atoms with Crippen molar-refractivity contribution in [2.75, 3.05) is 31.9 Å². The van der Waals surface area contributed by atoms with Crippen molar-refractivity contribution >= 4 is 23.4 Å². The van der Waals surface area contributed by atoms with Crippen molar-refractivity contribution in [1.82, 2.24) is 14.8 Å². The third kappa shape index (κ3) is 5.93. The standard InChI is InChI=1S/C26H26N4O4S/c1-4-34-23-13-7-19(8-14-23)27-24(31)17-35-26-29-28-25(18-5-11-21(32-2)12-6-18)30(26)20-9-15-22(33-3)16-10-20/h5-16H,4,17H2,1-3H3,(H,27,31). The second-order valence-electron chi connectivity index (χ2n) is 7.36. The van der Waals surface area contributed by atoms with Crippen LogP contribution in [0.1, 0.15) is 6.92 Å². The third-order valence-corrected chi connectivity index (χ3v) is 6.02. The van der Waals surface area contributed by atoms with E-state index in [9.17, 15) is 4.79 Å². The summed E-state index contributed by atoms with van der Waals surface area (Å²) in [5.41, 5.74) is 2.44. The first-order valence-corrected chi connectivity index (χ1v) is 12.0. The smallest absolute Gasteiger partial charge is 0.234 e. The first kappa shape index (κ1) is 24.2. The number of carbonyl (C=O) groups excluding carboxylic acids is 1. The lowest BCUT2D eigenvalue weighted by atomic mass is 10.2. The normalized spacial score (nSPS) is 10.6. The molecule has 35 heavy (non-hydrogen) atoms. The molecule has 1 N–H and O–H groups in total. The van der Waals surface area contributed by atoms with Crippen LogP contribution in [0.15, 0.2) is 78.0 Å². The highest BCUT2D eigenvalue weighted by molar-refractivity contribution is 7.99. The lowest BCUT2D eigenvalue weighted by Crippen LogP contribution is -2.14. The van der Waals surface area contributed by atoms with Gasteiger partial charge in [0.2, 0.25) is 5.91 Å². The number of ether oxygens (including phenoxy) is 3. The minimum Gasteiger partial charge on any atom is -0.497 e. The van der Waals surface area contributed by atoms with Crippen molar-refractivity contribution in [2.45, 2.75) is 12.1 Å². The number of carbonyl (C=O) groups is 1. The summed E-state index contributed by atoms with van der Waals surface area (Å²) in [6, 6.07) is 22.5. The zero-order valence-corrected chi connectivity index (χ0v) is 20.5. The monoisotopic (exact) mass is 490 g/mol. The molecule has 0 atom stereocenters. The predicted molar refractivity (Wildman–Crippen MR) is 137 cm³/mol. The molecule has 4 rings (SSSR count). The van der Waals surface area contributed by atoms with E-state index >= 15 is 0 Å². The van der Waals surface area contributed by atoms with Crippen LogP contribution in [0.4, 0.5) is 5.69 Å². The molecular weight excluding hydrogens is 464 g/mol. The molecule has 0 aliphatic heterocycles. The number of amides is 1. The van der Waals surface area contributed by atoms with Gasteiger partial charge in [-0.05, 0) is 79.7 Å². The fraction of sp³-hybridized carbons (Fsp3) is 0.192. The molecule has 0 fully saturated rings. The van der Waals surface area contributed by atoms with Crippen molar-refractivity contribution < 1.29 is 19.0 Å². The summed E-state index contributed by atoms with van der Waals surface area (Å²) in [6.45, 7) is 2.52. The van der Waals surface area contributed by atoms with Crippen LogP contribution in [0.25, 0.3) is 17.1 Å². The molecule has 1 heterocycles. The van der Waals surface area contributed by atoms with Crippen LogP contribution >= 0.6 is 11.8 Å². The van der Waals surface area contributed by atoms with Crippen LogP contribution in [-0.2, 0) is 4.79 Å². The fourth-order valence-corrected chi connectivity index (χ4v) is 4.13. The summed E-state index contributed by atoms with van der Waals surface area (Å²) in [7, 11) is 3.25. The number of hydrogen-bond acceptors (Lipinski definition) is 7. The minimum atomic E-state index is -0.144. The van der Waals surface area contributed by atoms with Crippen molar-refractivity contribution in [3.8, 4) is 34.3 Å². The Labute approximate surface area is 208 Å². The number of anilines is 1. The molecule has 0 aliphatic rings. The van der Waals surface area contributed by atoms with E-state index in [4.69, 9.17) is 14.2 Å². The summed E-state index contributed by atoms with van der Waals surface area (Å²) in [4.78, 5) is 12.6. The van der Waals surface area contributed by atoms with Gasteiger partial charge in [0.25, 0.3) is 0 Å². The van der Waals surface area contributed by atoms with Gasteiger partial charge in [0.05, 0.1) is 26.6 Å². The maximum Gasteiger partial charge on any atom is 0.234 e. The van der Waals surface area contributed by atoms with Gasteiger partial charge in [0.15, 0.2) is 11.0 Å². The number of thioether (sulfide) groups is 1. The molecule has 1 aromatic heterocycles. The summed E-state index contributed by atoms with van der Waals surface area (Å²) in [5, 5.41) is 12.3. The Morgan fingerprint density at radius 3 is 2.06 bits per heavy atom. The lowest BCUT2D eigenvalue weighted by Gasteiger charge is -2.12. The van der Waals surface area contributed by atoms with Gasteiger partial charge in [0, 0.05) is 16.9 Å². The number of hydrogen-bond donors (Lipinski definition) is 1. The number of benzene rings is 3. The first-order valence-electron chi connectivity index (χ1n) is 11.0. The molecule has 0 spiro atoms. The second kappa shape index (κ2) is 11.4. The van der Waals surface area contributed by atoms with E-state index in [0.717, 1.165) is 28.5 Å². The quantitative estimate of drug-likeness (QED) is 0.310. The third-order valence-electron chi connectivity index (χ3n) is 5.09. The SMILES string of the molecule is CCOc1ccc(NC(=O)CSc2nnc(-c3ccc(OC)cc3)n2-c2ccc(OC)cc2)cc1. The molecule has 0 saturated carbocycles. The van der Waals surface area contributed by atoms with Crippen LogP contribution < -0.4 is 19.5 Å². The van der Waals surface area contributed by atoms with Crippen molar-refractivity contribution in [1.29, 1.82) is 0 Å². The average molecular weight is 491 g/mol. The zero-order valence-electron chi connectivity index (χ0n) is 19.7. The first-order chi connectivity index (χ1) is 17.1. The minimum absolute atomic E-state index is 0.144. The van der Waals surface area contributed by atoms with E-state index < -0.39 is 0 Å². The molecule has 0 bridgehead atoms. The van der Waals surface area contributed by atoms with Gasteiger partial charge in [-0.2, -0.15) is 0 Å². The highest BCUT2D eigenvalue weighted by Crippen LogP contribution is 2.30. The Hall–Kier alpha value is -3.98. The van der Waals surface area contributed by atoms with Crippen LogP contribution in [0.3, 0.4) is 0 Å². The van der Waals surface area contributed by atoms with Crippen molar-refractivity contribution in [3.05, 3.63) is 72.8 Å². The fourth-order valence-electron chi connectivity index (χ4n) is 3.38. The molecule has 0 unspecified atom stereocenters. The van der Waals surface area contributed by atoms with E-state index in [2.05, 4.69) is 15.5 Å². The zero-order chi connectivity index (χ0) is 24.6. The average Bonchev–Trinajstić information content (AvgIpc) is 3.33. The topological polar surface area (TPSA) is 87.5 Å². The molecule has 8 nitrogen and oxygen atoms in total. The molecular formula is C26H26N4O4S. The van der Waals surface area contributed by atoms with Crippen molar-refractivity contribution in [2.24, 2.45) is 0 Å². The lowest BCUT2D eigenvalue weighted by molar-refractivity contribution is -0.113. The van der Waals surface area contributed by atoms with Crippen LogP contribution in [0, 0.1) is 0 Å². The predicted octanol–water partition coefficient (Wildman–Crippen LogP) is 5.08. The molecule has 3 aromatic carbocycles. The number of methoxy groups -OCH3 is 2. The van der Waals surface area contributed by atoms with E-state index in [1.807, 2.05) is 84.3 Å². The van der Waals surface area contributed by atoms with Gasteiger partial charge >= 0.3 is 0 Å². The largest absolute Gasteiger partial charge is 0.497 e. The van der Waals surface area contributed by atoms with E-state index in [1.165, 1.54) is 11.8 Å². The molecule has 180 valence electrons. The Morgan fingerprint density at radius 2 is 1.46 bits per heavy atom. The van der Waals surface area contributed by atoms with E-state index in [-0.39, 0.29) is 11.7 Å². The highest BCUT2D eigenvalue weighted by Gasteiger charge is 2.18. The van der Waals surface area contributed by atoms with E-state index in [0.29, 0.717) is 23.3 Å². The van der Waals surface area contributed by atoms with Gasteiger partial charge in [-0.3, -0.25) is 9.36 Å². The maximum atomic E-state index is 12.6. The van der Waals surface area contributed by atoms with Gasteiger partial charge in [-0.15, -0.1) is 10.2 Å². The Bertz CT molecular complexity index is 1260. The van der Waals surface area contributed by atoms with Gasteiger partial charge in [-0.25, -0.2) is 0 Å². The Balaban J connectivity index is 1.55. The Kier molecular flexibility index (Phi) is 7.89. The summed E-state index contributed by atoms with van der Waals surface area (Å²) in [6.07, 6.45) is 0. The molecule has 0 radical (unpaired) electrons.